The van der Waals surface area contributed by atoms with E-state index in [0.29, 0.717) is 18.5 Å². The molecular formula is C16H23BrN2O. The van der Waals surface area contributed by atoms with Crippen LogP contribution < -0.4 is 5.73 Å². The highest BCUT2D eigenvalue weighted by Gasteiger charge is 2.35. The van der Waals surface area contributed by atoms with Gasteiger partial charge in [0.25, 0.3) is 0 Å². The number of benzene rings is 1. The highest BCUT2D eigenvalue weighted by Crippen LogP contribution is 2.30. The van der Waals surface area contributed by atoms with Crippen LogP contribution in [0.4, 0.5) is 0 Å². The number of carbonyl (C=O) groups is 1. The van der Waals surface area contributed by atoms with Crippen molar-refractivity contribution in [2.75, 3.05) is 0 Å². The molecular weight excluding hydrogens is 316 g/mol. The van der Waals surface area contributed by atoms with Gasteiger partial charge in [-0.25, -0.2) is 0 Å². The van der Waals surface area contributed by atoms with E-state index in [1.165, 1.54) is 0 Å². The van der Waals surface area contributed by atoms with Gasteiger partial charge >= 0.3 is 0 Å². The Hall–Kier alpha value is -0.870. The minimum Gasteiger partial charge on any atom is -0.334 e. The molecule has 2 rings (SSSR count). The summed E-state index contributed by atoms with van der Waals surface area (Å²) in [7, 11) is 0. The molecule has 1 unspecified atom stereocenters. The third-order valence-corrected chi connectivity index (χ3v) is 4.39. The van der Waals surface area contributed by atoms with Crippen molar-refractivity contribution >= 4 is 21.8 Å². The molecule has 0 heterocycles. The van der Waals surface area contributed by atoms with Crippen LogP contribution in [0, 0.1) is 5.92 Å². The molecule has 0 aliphatic heterocycles. The van der Waals surface area contributed by atoms with Crippen LogP contribution in [0.2, 0.25) is 0 Å². The number of halogens is 1. The molecule has 1 fully saturated rings. The Morgan fingerprint density at radius 3 is 2.60 bits per heavy atom. The second-order valence-corrected chi connectivity index (χ2v) is 6.88. The Balaban J connectivity index is 2.08. The van der Waals surface area contributed by atoms with Crippen molar-refractivity contribution in [2.24, 2.45) is 11.7 Å². The van der Waals surface area contributed by atoms with Gasteiger partial charge < -0.3 is 10.6 Å². The summed E-state index contributed by atoms with van der Waals surface area (Å²) in [4.78, 5) is 14.5. The lowest BCUT2D eigenvalue weighted by Gasteiger charge is -2.27. The average Bonchev–Trinajstić information content (AvgIpc) is 3.20. The third kappa shape index (κ3) is 4.06. The summed E-state index contributed by atoms with van der Waals surface area (Å²) in [5, 5.41) is 0. The van der Waals surface area contributed by atoms with Crippen molar-refractivity contribution in [2.45, 2.75) is 51.7 Å². The number of nitrogens with zero attached hydrogens (tertiary/aromatic N) is 1. The maximum absolute atomic E-state index is 12.6. The molecule has 0 radical (unpaired) electrons. The predicted molar refractivity (Wildman–Crippen MR) is 85.1 cm³/mol. The predicted octanol–water partition coefficient (Wildman–Crippen LogP) is 3.31. The maximum atomic E-state index is 12.6. The van der Waals surface area contributed by atoms with E-state index in [4.69, 9.17) is 5.73 Å². The first-order valence-corrected chi connectivity index (χ1v) is 8.07. The SMILES string of the molecule is CC(C)CC(N)C(=O)N(Cc1ccccc1Br)C1CC1. The van der Waals surface area contributed by atoms with Gasteiger partial charge in [0.05, 0.1) is 6.04 Å². The van der Waals surface area contributed by atoms with Gasteiger partial charge in [-0.2, -0.15) is 0 Å². The topological polar surface area (TPSA) is 46.3 Å². The van der Waals surface area contributed by atoms with Gasteiger partial charge in [0, 0.05) is 17.1 Å². The van der Waals surface area contributed by atoms with E-state index in [0.717, 1.165) is 29.3 Å². The lowest BCUT2D eigenvalue weighted by atomic mass is 10.0. The molecule has 0 bridgehead atoms. The normalized spacial score (nSPS) is 16.2. The van der Waals surface area contributed by atoms with Gasteiger partial charge in [-0.3, -0.25) is 4.79 Å². The minimum atomic E-state index is -0.377. The van der Waals surface area contributed by atoms with E-state index in [2.05, 4.69) is 35.8 Å². The number of rotatable bonds is 6. The van der Waals surface area contributed by atoms with Crippen LogP contribution in [0.15, 0.2) is 28.7 Å². The Morgan fingerprint density at radius 1 is 1.40 bits per heavy atom. The zero-order valence-electron chi connectivity index (χ0n) is 12.2. The molecule has 0 aromatic heterocycles. The molecule has 1 aliphatic carbocycles. The van der Waals surface area contributed by atoms with Gasteiger partial charge in [0.15, 0.2) is 0 Å². The second-order valence-electron chi connectivity index (χ2n) is 6.02. The highest BCUT2D eigenvalue weighted by molar-refractivity contribution is 9.10. The van der Waals surface area contributed by atoms with Gasteiger partial charge in [-0.15, -0.1) is 0 Å². The van der Waals surface area contributed by atoms with E-state index in [-0.39, 0.29) is 11.9 Å². The Labute approximate surface area is 129 Å². The molecule has 110 valence electrons. The quantitative estimate of drug-likeness (QED) is 0.864. The molecule has 1 aliphatic rings. The van der Waals surface area contributed by atoms with Gasteiger partial charge in [-0.05, 0) is 36.8 Å². The van der Waals surface area contributed by atoms with Gasteiger partial charge in [-0.1, -0.05) is 48.0 Å². The van der Waals surface area contributed by atoms with Crippen molar-refractivity contribution in [3.63, 3.8) is 0 Å². The summed E-state index contributed by atoms with van der Waals surface area (Å²) in [5.74, 6) is 0.537. The Morgan fingerprint density at radius 2 is 2.05 bits per heavy atom. The minimum absolute atomic E-state index is 0.0944. The monoisotopic (exact) mass is 338 g/mol. The summed E-state index contributed by atoms with van der Waals surface area (Å²) in [6.45, 7) is 4.85. The first-order valence-electron chi connectivity index (χ1n) is 7.28. The van der Waals surface area contributed by atoms with Crippen LogP contribution in [0.5, 0.6) is 0 Å². The summed E-state index contributed by atoms with van der Waals surface area (Å²) in [5.41, 5.74) is 7.22. The van der Waals surface area contributed by atoms with E-state index < -0.39 is 0 Å². The fraction of sp³-hybridized carbons (Fsp3) is 0.562. The highest BCUT2D eigenvalue weighted by atomic mass is 79.9. The van der Waals surface area contributed by atoms with E-state index in [1.54, 1.807) is 0 Å². The summed E-state index contributed by atoms with van der Waals surface area (Å²) in [6, 6.07) is 8.07. The number of carbonyl (C=O) groups excluding carboxylic acids is 1. The zero-order valence-corrected chi connectivity index (χ0v) is 13.8. The number of hydrogen-bond donors (Lipinski definition) is 1. The fourth-order valence-corrected chi connectivity index (χ4v) is 2.82. The lowest BCUT2D eigenvalue weighted by molar-refractivity contribution is -0.134. The van der Waals surface area contributed by atoms with Crippen molar-refractivity contribution in [3.05, 3.63) is 34.3 Å². The molecule has 1 amide bonds. The smallest absolute Gasteiger partial charge is 0.240 e. The molecule has 0 saturated heterocycles. The lowest BCUT2D eigenvalue weighted by Crippen LogP contribution is -2.45. The zero-order chi connectivity index (χ0) is 14.7. The Kier molecular flexibility index (Phi) is 5.22. The third-order valence-electron chi connectivity index (χ3n) is 3.61. The van der Waals surface area contributed by atoms with Crippen molar-refractivity contribution in [1.29, 1.82) is 0 Å². The molecule has 1 saturated carbocycles. The largest absolute Gasteiger partial charge is 0.334 e. The van der Waals surface area contributed by atoms with Gasteiger partial charge in [0.1, 0.15) is 0 Å². The number of amides is 1. The van der Waals surface area contributed by atoms with Crippen molar-refractivity contribution in [3.8, 4) is 0 Å². The van der Waals surface area contributed by atoms with Crippen LogP contribution in [-0.4, -0.2) is 22.9 Å². The Bertz CT molecular complexity index is 471. The number of hydrogen-bond acceptors (Lipinski definition) is 2. The van der Waals surface area contributed by atoms with Crippen LogP contribution in [0.25, 0.3) is 0 Å². The number of nitrogens with two attached hydrogens (primary N) is 1. The molecule has 1 aromatic carbocycles. The molecule has 1 aromatic rings. The first kappa shape index (κ1) is 15.5. The van der Waals surface area contributed by atoms with Crippen LogP contribution in [-0.2, 0) is 11.3 Å². The first-order chi connectivity index (χ1) is 9.49. The fourth-order valence-electron chi connectivity index (χ4n) is 2.40. The summed E-state index contributed by atoms with van der Waals surface area (Å²) in [6.07, 6.45) is 2.95. The standard InChI is InChI=1S/C16H23BrN2O/c1-11(2)9-15(18)16(20)19(13-7-8-13)10-12-5-3-4-6-14(12)17/h3-6,11,13,15H,7-10,18H2,1-2H3. The summed E-state index contributed by atoms with van der Waals surface area (Å²) >= 11 is 3.55. The van der Waals surface area contributed by atoms with E-state index >= 15 is 0 Å². The van der Waals surface area contributed by atoms with E-state index in [9.17, 15) is 4.79 Å². The van der Waals surface area contributed by atoms with E-state index in [1.807, 2.05) is 23.1 Å². The molecule has 4 heteroatoms. The van der Waals surface area contributed by atoms with Crippen molar-refractivity contribution < 1.29 is 4.79 Å². The molecule has 20 heavy (non-hydrogen) atoms. The maximum Gasteiger partial charge on any atom is 0.240 e. The molecule has 3 nitrogen and oxygen atoms in total. The summed E-state index contributed by atoms with van der Waals surface area (Å²) < 4.78 is 1.05. The molecule has 2 N–H and O–H groups in total. The van der Waals surface area contributed by atoms with Crippen LogP contribution in [0.1, 0.15) is 38.7 Å². The molecule has 1 atom stereocenters. The second kappa shape index (κ2) is 6.72. The van der Waals surface area contributed by atoms with Crippen molar-refractivity contribution in [1.82, 2.24) is 4.90 Å². The van der Waals surface area contributed by atoms with Crippen LogP contribution >= 0.6 is 15.9 Å². The van der Waals surface area contributed by atoms with Crippen LogP contribution in [0.3, 0.4) is 0 Å². The molecule has 0 spiro atoms. The average molecular weight is 339 g/mol. The van der Waals surface area contributed by atoms with Gasteiger partial charge in [0.2, 0.25) is 5.91 Å².